The fourth-order valence-corrected chi connectivity index (χ4v) is 2.93. The number of rotatable bonds is 3. The highest BCUT2D eigenvalue weighted by Gasteiger charge is 2.26. The van der Waals surface area contributed by atoms with E-state index in [2.05, 4.69) is 9.97 Å². The molecule has 0 saturated heterocycles. The van der Waals surface area contributed by atoms with Crippen LogP contribution in [0.2, 0.25) is 0 Å². The number of carboxylic acids is 1. The molecule has 3 rings (SSSR count). The van der Waals surface area contributed by atoms with Crippen LogP contribution >= 0.6 is 0 Å². The van der Waals surface area contributed by atoms with Crippen LogP contribution in [-0.2, 0) is 17.6 Å². The van der Waals surface area contributed by atoms with Gasteiger partial charge < -0.3 is 14.8 Å². The third kappa shape index (κ3) is 2.34. The minimum atomic E-state index is -0.910. The molecule has 1 atom stereocenters. The van der Waals surface area contributed by atoms with Crippen molar-refractivity contribution < 1.29 is 14.6 Å². The van der Waals surface area contributed by atoms with E-state index in [1.807, 2.05) is 19.9 Å². The molecule has 5 nitrogen and oxygen atoms in total. The Bertz CT molecular complexity index is 695. The second-order valence-corrected chi connectivity index (χ2v) is 5.56. The molecule has 0 bridgehead atoms. The number of nitrogens with one attached hydrogen (secondary N) is 1. The Morgan fingerprint density at radius 3 is 2.71 bits per heavy atom. The Hall–Kier alpha value is -2.14. The van der Waals surface area contributed by atoms with Gasteiger partial charge in [-0.2, -0.15) is 0 Å². The highest BCUT2D eigenvalue weighted by atomic mass is 16.5. The number of nitrogens with zero attached hydrogens (tertiary/aromatic N) is 1. The lowest BCUT2D eigenvalue weighted by Gasteiger charge is -2.09. The Balaban J connectivity index is 2.02. The van der Waals surface area contributed by atoms with Gasteiger partial charge >= 0.3 is 5.97 Å². The molecule has 2 N–H and O–H groups in total. The van der Waals surface area contributed by atoms with Gasteiger partial charge in [0.25, 0.3) is 0 Å². The van der Waals surface area contributed by atoms with Crippen molar-refractivity contribution in [2.75, 3.05) is 7.11 Å². The Morgan fingerprint density at radius 2 is 2.10 bits per heavy atom. The molecule has 1 aromatic carbocycles. The van der Waals surface area contributed by atoms with E-state index in [0.717, 1.165) is 46.7 Å². The van der Waals surface area contributed by atoms with Gasteiger partial charge in [-0.15, -0.1) is 0 Å². The lowest BCUT2D eigenvalue weighted by Crippen LogP contribution is -2.10. The quantitative estimate of drug-likeness (QED) is 0.909. The van der Waals surface area contributed by atoms with E-state index in [1.54, 1.807) is 13.2 Å². The highest BCUT2D eigenvalue weighted by Crippen LogP contribution is 2.29. The molecule has 1 unspecified atom stereocenters. The van der Waals surface area contributed by atoms with E-state index < -0.39 is 5.97 Å². The first-order valence-electron chi connectivity index (χ1n) is 6.95. The molecular weight excluding hydrogens is 268 g/mol. The third-order valence-corrected chi connectivity index (χ3v) is 4.11. The number of H-pyrrole nitrogens is 1. The predicted octanol–water partition coefficient (Wildman–Crippen LogP) is 2.51. The van der Waals surface area contributed by atoms with Gasteiger partial charge in [-0.25, -0.2) is 9.78 Å². The van der Waals surface area contributed by atoms with Crippen molar-refractivity contribution in [2.24, 2.45) is 0 Å². The zero-order valence-electron chi connectivity index (χ0n) is 12.4. The molecule has 0 fully saturated rings. The number of methoxy groups -OCH3 is 1. The van der Waals surface area contributed by atoms with Crippen LogP contribution in [0, 0.1) is 13.8 Å². The number of aromatic carboxylic acids is 1. The van der Waals surface area contributed by atoms with Crippen molar-refractivity contribution in [1.29, 1.82) is 0 Å². The predicted molar refractivity (Wildman–Crippen MR) is 78.7 cm³/mol. The lowest BCUT2D eigenvalue weighted by molar-refractivity contribution is 0.0696. The van der Waals surface area contributed by atoms with Gasteiger partial charge in [0.05, 0.1) is 17.4 Å². The molecule has 0 amide bonds. The fraction of sp³-hybridized carbons (Fsp3) is 0.375. The van der Waals surface area contributed by atoms with E-state index in [9.17, 15) is 9.90 Å². The largest absolute Gasteiger partial charge is 0.478 e. The molecule has 1 aromatic heterocycles. The first-order chi connectivity index (χ1) is 9.99. The van der Waals surface area contributed by atoms with Crippen LogP contribution in [0.1, 0.15) is 32.9 Å². The standard InChI is InChI=1S/C16H18N2O3/c1-8-4-9(2)12(16(19)20)7-11(8)15-17-13-5-10(21-3)6-14(13)18-15/h4,7,10H,5-6H2,1-3H3,(H,17,18)(H,19,20). The summed E-state index contributed by atoms with van der Waals surface area (Å²) in [6.45, 7) is 3.78. The van der Waals surface area contributed by atoms with E-state index >= 15 is 0 Å². The summed E-state index contributed by atoms with van der Waals surface area (Å²) in [7, 11) is 1.71. The van der Waals surface area contributed by atoms with Crippen molar-refractivity contribution in [3.63, 3.8) is 0 Å². The smallest absolute Gasteiger partial charge is 0.335 e. The lowest BCUT2D eigenvalue weighted by atomic mass is 9.99. The number of ether oxygens (including phenoxy) is 1. The third-order valence-electron chi connectivity index (χ3n) is 4.11. The first-order valence-corrected chi connectivity index (χ1v) is 6.95. The van der Waals surface area contributed by atoms with E-state index in [1.165, 1.54) is 0 Å². The SMILES string of the molecule is COC1Cc2nc(-c3cc(C(=O)O)c(C)cc3C)[nH]c2C1. The molecule has 2 aromatic rings. The number of hydrogen-bond donors (Lipinski definition) is 2. The average molecular weight is 286 g/mol. The minimum absolute atomic E-state index is 0.196. The number of carbonyl (C=O) groups is 1. The summed E-state index contributed by atoms with van der Waals surface area (Å²) in [5.74, 6) is -0.165. The van der Waals surface area contributed by atoms with Crippen LogP contribution in [0.3, 0.4) is 0 Å². The highest BCUT2D eigenvalue weighted by molar-refractivity contribution is 5.91. The van der Waals surface area contributed by atoms with E-state index in [4.69, 9.17) is 4.74 Å². The van der Waals surface area contributed by atoms with Gasteiger partial charge in [0.15, 0.2) is 0 Å². The number of aromatic amines is 1. The van der Waals surface area contributed by atoms with Gasteiger partial charge in [-0.05, 0) is 31.0 Å². The van der Waals surface area contributed by atoms with Crippen LogP contribution < -0.4 is 0 Å². The molecule has 1 aliphatic carbocycles. The number of hydrogen-bond acceptors (Lipinski definition) is 3. The summed E-state index contributed by atoms with van der Waals surface area (Å²) in [5.41, 5.74) is 5.07. The summed E-state index contributed by atoms with van der Waals surface area (Å²) < 4.78 is 5.35. The number of benzene rings is 1. The van der Waals surface area contributed by atoms with Crippen LogP contribution in [0.15, 0.2) is 12.1 Å². The van der Waals surface area contributed by atoms with Crippen molar-refractivity contribution >= 4 is 5.97 Å². The normalized spacial score (nSPS) is 14.4. The van der Waals surface area contributed by atoms with Gasteiger partial charge in [-0.3, -0.25) is 0 Å². The second-order valence-electron chi connectivity index (χ2n) is 5.56. The molecule has 5 heteroatoms. The molecular formula is C16H18N2O3. The number of imidazole rings is 1. The van der Waals surface area contributed by atoms with E-state index in [-0.39, 0.29) is 6.10 Å². The maximum absolute atomic E-state index is 11.3. The number of aryl methyl sites for hydroxylation is 2. The van der Waals surface area contributed by atoms with Gasteiger partial charge in [0.2, 0.25) is 0 Å². The van der Waals surface area contributed by atoms with E-state index in [0.29, 0.717) is 5.56 Å². The molecule has 0 spiro atoms. The summed E-state index contributed by atoms with van der Waals surface area (Å²) in [4.78, 5) is 19.2. The monoisotopic (exact) mass is 286 g/mol. The van der Waals surface area contributed by atoms with Crippen molar-refractivity contribution in [2.45, 2.75) is 32.8 Å². The molecule has 21 heavy (non-hydrogen) atoms. The zero-order valence-corrected chi connectivity index (χ0v) is 12.4. The molecule has 1 heterocycles. The van der Waals surface area contributed by atoms with Crippen LogP contribution in [0.5, 0.6) is 0 Å². The van der Waals surface area contributed by atoms with Gasteiger partial charge in [-0.1, -0.05) is 6.07 Å². The molecule has 110 valence electrons. The minimum Gasteiger partial charge on any atom is -0.478 e. The summed E-state index contributed by atoms with van der Waals surface area (Å²) in [6, 6.07) is 3.60. The van der Waals surface area contributed by atoms with Crippen molar-refractivity contribution in [3.05, 3.63) is 40.2 Å². The Morgan fingerprint density at radius 1 is 1.33 bits per heavy atom. The Labute approximate surface area is 123 Å². The summed E-state index contributed by atoms with van der Waals surface area (Å²) in [6.07, 6.45) is 1.83. The zero-order chi connectivity index (χ0) is 15.1. The number of carboxylic acid groups (broad SMARTS) is 1. The first kappa shape index (κ1) is 13.8. The van der Waals surface area contributed by atoms with Gasteiger partial charge in [0, 0.05) is 31.2 Å². The van der Waals surface area contributed by atoms with Crippen LogP contribution in [-0.4, -0.2) is 34.3 Å². The van der Waals surface area contributed by atoms with Crippen molar-refractivity contribution in [1.82, 2.24) is 9.97 Å². The number of fused-ring (bicyclic) bond motifs is 1. The molecule has 1 aliphatic rings. The molecule has 0 aliphatic heterocycles. The average Bonchev–Trinajstić information content (AvgIpc) is 2.95. The molecule has 0 radical (unpaired) electrons. The maximum Gasteiger partial charge on any atom is 0.335 e. The summed E-state index contributed by atoms with van der Waals surface area (Å²) >= 11 is 0. The topological polar surface area (TPSA) is 75.2 Å². The second kappa shape index (κ2) is 5.00. The molecule has 0 saturated carbocycles. The maximum atomic E-state index is 11.3. The fourth-order valence-electron chi connectivity index (χ4n) is 2.93. The Kier molecular flexibility index (Phi) is 3.29. The van der Waals surface area contributed by atoms with Crippen LogP contribution in [0.4, 0.5) is 0 Å². The summed E-state index contributed by atoms with van der Waals surface area (Å²) in [5, 5.41) is 9.26. The van der Waals surface area contributed by atoms with Crippen LogP contribution in [0.25, 0.3) is 11.4 Å². The van der Waals surface area contributed by atoms with Crippen molar-refractivity contribution in [3.8, 4) is 11.4 Å². The number of aromatic nitrogens is 2. The van der Waals surface area contributed by atoms with Gasteiger partial charge in [0.1, 0.15) is 5.82 Å².